The second kappa shape index (κ2) is 5.47. The summed E-state index contributed by atoms with van der Waals surface area (Å²) >= 11 is 5.59. The molecule has 7 heteroatoms. The van der Waals surface area contributed by atoms with Crippen LogP contribution in [0.4, 0.5) is 13.2 Å². The van der Waals surface area contributed by atoms with E-state index < -0.39 is 17.7 Å². The van der Waals surface area contributed by atoms with Crippen LogP contribution in [0.1, 0.15) is 22.7 Å². The molecule has 0 aliphatic rings. The van der Waals surface area contributed by atoms with Crippen LogP contribution in [0.2, 0.25) is 5.15 Å². The van der Waals surface area contributed by atoms with Gasteiger partial charge in [0.1, 0.15) is 5.92 Å². The summed E-state index contributed by atoms with van der Waals surface area (Å²) in [4.78, 5) is 0. The predicted octanol–water partition coefficient (Wildman–Crippen LogP) is 3.80. The standard InChI is InChI=1S/C13H7ClF3N3/c14-12-5-4-11(19-20-12)10(7-18)8-2-1-3-9(6-8)13(15,16)17/h1-6,10H. The van der Waals surface area contributed by atoms with Crippen LogP contribution in [-0.4, -0.2) is 10.2 Å². The number of rotatable bonds is 2. The van der Waals surface area contributed by atoms with E-state index in [1.807, 2.05) is 6.07 Å². The number of halogens is 4. The Morgan fingerprint density at radius 3 is 2.45 bits per heavy atom. The molecule has 1 aromatic heterocycles. The Morgan fingerprint density at radius 2 is 1.90 bits per heavy atom. The van der Waals surface area contributed by atoms with E-state index in [0.29, 0.717) is 0 Å². The van der Waals surface area contributed by atoms with Crippen LogP contribution >= 0.6 is 11.6 Å². The molecule has 2 rings (SSSR count). The zero-order chi connectivity index (χ0) is 14.8. The van der Waals surface area contributed by atoms with E-state index in [4.69, 9.17) is 16.9 Å². The topological polar surface area (TPSA) is 49.6 Å². The van der Waals surface area contributed by atoms with E-state index in [1.165, 1.54) is 24.3 Å². The number of alkyl halides is 3. The van der Waals surface area contributed by atoms with Gasteiger partial charge in [-0.05, 0) is 23.8 Å². The van der Waals surface area contributed by atoms with Gasteiger partial charge in [-0.3, -0.25) is 0 Å². The monoisotopic (exact) mass is 297 g/mol. The smallest absolute Gasteiger partial charge is 0.197 e. The van der Waals surface area contributed by atoms with E-state index in [1.54, 1.807) is 0 Å². The third-order valence-electron chi connectivity index (χ3n) is 2.62. The summed E-state index contributed by atoms with van der Waals surface area (Å²) in [5, 5.41) is 16.6. The molecule has 0 bridgehead atoms. The molecule has 0 radical (unpaired) electrons. The van der Waals surface area contributed by atoms with Crippen molar-refractivity contribution in [3.63, 3.8) is 0 Å². The highest BCUT2D eigenvalue weighted by Crippen LogP contribution is 2.32. The second-order valence-corrected chi connectivity index (χ2v) is 4.35. The lowest BCUT2D eigenvalue weighted by Gasteiger charge is -2.12. The first-order chi connectivity index (χ1) is 9.41. The van der Waals surface area contributed by atoms with Crippen molar-refractivity contribution >= 4 is 11.6 Å². The average molecular weight is 298 g/mol. The Hall–Kier alpha value is -2.13. The van der Waals surface area contributed by atoms with E-state index in [9.17, 15) is 13.2 Å². The van der Waals surface area contributed by atoms with Gasteiger partial charge in [0.05, 0.1) is 17.3 Å². The highest BCUT2D eigenvalue weighted by atomic mass is 35.5. The molecule has 0 N–H and O–H groups in total. The van der Waals surface area contributed by atoms with Crippen LogP contribution in [0.3, 0.4) is 0 Å². The van der Waals surface area contributed by atoms with Crippen LogP contribution in [0.5, 0.6) is 0 Å². The van der Waals surface area contributed by atoms with Gasteiger partial charge in [0.25, 0.3) is 0 Å². The van der Waals surface area contributed by atoms with Crippen LogP contribution in [0, 0.1) is 11.3 Å². The van der Waals surface area contributed by atoms with Gasteiger partial charge in [0.15, 0.2) is 5.15 Å². The molecule has 1 unspecified atom stereocenters. The fraction of sp³-hybridized carbons (Fsp3) is 0.154. The van der Waals surface area contributed by atoms with Crippen LogP contribution in [0.15, 0.2) is 36.4 Å². The summed E-state index contributed by atoms with van der Waals surface area (Å²) in [5.41, 5.74) is -0.354. The molecule has 0 amide bonds. The fourth-order valence-electron chi connectivity index (χ4n) is 1.69. The van der Waals surface area contributed by atoms with E-state index >= 15 is 0 Å². The maximum absolute atomic E-state index is 12.7. The second-order valence-electron chi connectivity index (χ2n) is 3.97. The number of nitrogens with zero attached hydrogens (tertiary/aromatic N) is 3. The van der Waals surface area contributed by atoms with Crippen molar-refractivity contribution in [2.75, 3.05) is 0 Å². The molecule has 2 aromatic rings. The normalized spacial score (nSPS) is 12.8. The number of aromatic nitrogens is 2. The SMILES string of the molecule is N#CC(c1cccc(C(F)(F)F)c1)c1ccc(Cl)nn1. The van der Waals surface area contributed by atoms with E-state index in [0.717, 1.165) is 12.1 Å². The van der Waals surface area contributed by atoms with E-state index in [2.05, 4.69) is 10.2 Å². The first kappa shape index (κ1) is 14.3. The molecule has 0 saturated carbocycles. The molecule has 0 spiro atoms. The van der Waals surface area contributed by atoms with Gasteiger partial charge < -0.3 is 0 Å². The largest absolute Gasteiger partial charge is 0.416 e. The number of nitriles is 1. The highest BCUT2D eigenvalue weighted by Gasteiger charge is 2.31. The molecule has 0 saturated heterocycles. The molecule has 1 atom stereocenters. The maximum atomic E-state index is 12.7. The third kappa shape index (κ3) is 3.06. The molecule has 3 nitrogen and oxygen atoms in total. The van der Waals surface area contributed by atoms with Gasteiger partial charge >= 0.3 is 6.18 Å². The summed E-state index contributed by atoms with van der Waals surface area (Å²) in [6, 6.07) is 9.40. The molecule has 0 fully saturated rings. The number of hydrogen-bond donors (Lipinski definition) is 0. The van der Waals surface area contributed by atoms with E-state index in [-0.39, 0.29) is 16.4 Å². The van der Waals surface area contributed by atoms with Crippen molar-refractivity contribution in [1.82, 2.24) is 10.2 Å². The molecule has 0 aliphatic carbocycles. The Bertz CT molecular complexity index is 647. The molecular weight excluding hydrogens is 291 g/mol. The quantitative estimate of drug-likeness (QED) is 0.847. The lowest BCUT2D eigenvalue weighted by Crippen LogP contribution is -2.08. The Kier molecular flexibility index (Phi) is 3.91. The van der Waals surface area contributed by atoms with Crippen molar-refractivity contribution in [2.45, 2.75) is 12.1 Å². The van der Waals surface area contributed by atoms with Gasteiger partial charge in [-0.25, -0.2) is 0 Å². The van der Waals surface area contributed by atoms with Gasteiger partial charge in [-0.15, -0.1) is 5.10 Å². The average Bonchev–Trinajstić information content (AvgIpc) is 2.41. The third-order valence-corrected chi connectivity index (χ3v) is 2.83. The molecule has 1 aromatic carbocycles. The summed E-state index contributed by atoms with van der Waals surface area (Å²) in [7, 11) is 0. The molecule has 1 heterocycles. The van der Waals surface area contributed by atoms with Gasteiger partial charge in [0.2, 0.25) is 0 Å². The zero-order valence-electron chi connectivity index (χ0n) is 9.89. The number of hydrogen-bond acceptors (Lipinski definition) is 3. The molecular formula is C13H7ClF3N3. The molecule has 20 heavy (non-hydrogen) atoms. The minimum atomic E-state index is -4.46. The minimum Gasteiger partial charge on any atom is -0.197 e. The fourth-order valence-corrected chi connectivity index (χ4v) is 1.79. The molecule has 102 valence electrons. The van der Waals surface area contributed by atoms with Crippen LogP contribution in [-0.2, 0) is 6.18 Å². The van der Waals surface area contributed by atoms with Crippen molar-refractivity contribution < 1.29 is 13.2 Å². The van der Waals surface area contributed by atoms with Crippen LogP contribution < -0.4 is 0 Å². The van der Waals surface area contributed by atoms with Gasteiger partial charge in [-0.1, -0.05) is 29.8 Å². The van der Waals surface area contributed by atoms with Crippen LogP contribution in [0.25, 0.3) is 0 Å². The lowest BCUT2D eigenvalue weighted by molar-refractivity contribution is -0.137. The summed E-state index contributed by atoms with van der Waals surface area (Å²) < 4.78 is 38.0. The van der Waals surface area contributed by atoms with Crippen molar-refractivity contribution in [1.29, 1.82) is 5.26 Å². The number of benzene rings is 1. The lowest BCUT2D eigenvalue weighted by atomic mass is 9.95. The first-order valence-electron chi connectivity index (χ1n) is 5.47. The summed E-state index contributed by atoms with van der Waals surface area (Å²) in [5.74, 6) is -0.929. The zero-order valence-corrected chi connectivity index (χ0v) is 10.7. The van der Waals surface area contributed by atoms with Crippen molar-refractivity contribution in [3.8, 4) is 6.07 Å². The maximum Gasteiger partial charge on any atom is 0.416 e. The highest BCUT2D eigenvalue weighted by molar-refractivity contribution is 6.29. The predicted molar refractivity (Wildman–Crippen MR) is 65.9 cm³/mol. The first-order valence-corrected chi connectivity index (χ1v) is 5.85. The van der Waals surface area contributed by atoms with Gasteiger partial charge in [0, 0.05) is 0 Å². The summed E-state index contributed by atoms with van der Waals surface area (Å²) in [6.45, 7) is 0. The molecule has 0 aliphatic heterocycles. The Morgan fingerprint density at radius 1 is 1.15 bits per heavy atom. The minimum absolute atomic E-state index is 0.148. The van der Waals surface area contributed by atoms with Gasteiger partial charge in [-0.2, -0.15) is 23.5 Å². The van der Waals surface area contributed by atoms with Crippen molar-refractivity contribution in [2.24, 2.45) is 0 Å². The Balaban J connectivity index is 2.43. The van der Waals surface area contributed by atoms with Crippen molar-refractivity contribution in [3.05, 3.63) is 58.4 Å². The Labute approximate surface area is 117 Å². The summed E-state index contributed by atoms with van der Waals surface area (Å²) in [6.07, 6.45) is -4.46.